The fraction of sp³-hybridized carbons (Fsp3) is 0.286. The van der Waals surface area contributed by atoms with Crippen molar-refractivity contribution in [3.63, 3.8) is 0 Å². The van der Waals surface area contributed by atoms with E-state index >= 15 is 0 Å². The Labute approximate surface area is 186 Å². The van der Waals surface area contributed by atoms with Gasteiger partial charge in [-0.1, -0.05) is 0 Å². The highest BCUT2D eigenvalue weighted by atomic mass is 35.5. The lowest BCUT2D eigenvalue weighted by Gasteiger charge is -2.23. The largest absolute Gasteiger partial charge is 0.487 e. The predicted octanol–water partition coefficient (Wildman–Crippen LogP) is 3.43. The van der Waals surface area contributed by atoms with Crippen LogP contribution in [0.15, 0.2) is 48.8 Å². The molecule has 3 aromatic rings. The molecule has 4 N–H and O–H groups in total. The van der Waals surface area contributed by atoms with Crippen LogP contribution in [0.1, 0.15) is 16.8 Å². The zero-order chi connectivity index (χ0) is 22.5. The van der Waals surface area contributed by atoms with Crippen molar-refractivity contribution < 1.29 is 18.3 Å². The van der Waals surface area contributed by atoms with Gasteiger partial charge in [0.15, 0.2) is 0 Å². The molecule has 1 aromatic carbocycles. The number of alkyl halides is 3. The van der Waals surface area contributed by atoms with Gasteiger partial charge in [-0.15, -0.1) is 8.78 Å². The number of aromatic amines is 1. The topological polar surface area (TPSA) is 109 Å². The summed E-state index contributed by atoms with van der Waals surface area (Å²) in [5, 5.41) is 9.65. The maximum atomic E-state index is 12.8. The third-order valence-electron chi connectivity index (χ3n) is 5.77. The van der Waals surface area contributed by atoms with Crippen LogP contribution in [0, 0.1) is 5.92 Å². The fourth-order valence-corrected chi connectivity index (χ4v) is 4.16. The number of hydrogen-bond acceptors (Lipinski definition) is 6. The van der Waals surface area contributed by atoms with Gasteiger partial charge >= 0.3 is 5.57 Å². The Bertz CT molecular complexity index is 1150. The van der Waals surface area contributed by atoms with Crippen LogP contribution in [-0.4, -0.2) is 45.3 Å². The number of nitrogens with two attached hydrogens (primary N) is 1. The van der Waals surface area contributed by atoms with Gasteiger partial charge in [-0.05, 0) is 48.7 Å². The highest BCUT2D eigenvalue weighted by Gasteiger charge is 2.57. The molecule has 11 heteroatoms. The minimum Gasteiger partial charge on any atom is -0.420 e. The SMILES string of the molecule is NC12CC1CN(c1ncc(C(=O)Nc3ccc(OC(F)(F)Cl)cc3)cc1-c1ccn[nH]1)C2. The van der Waals surface area contributed by atoms with E-state index in [0.717, 1.165) is 30.0 Å². The molecule has 2 fully saturated rings. The summed E-state index contributed by atoms with van der Waals surface area (Å²) in [7, 11) is 0. The number of H-pyrrole nitrogens is 1. The first-order chi connectivity index (χ1) is 15.2. The van der Waals surface area contributed by atoms with Crippen LogP contribution in [0.5, 0.6) is 5.75 Å². The van der Waals surface area contributed by atoms with E-state index < -0.39 is 11.5 Å². The second-order valence-electron chi connectivity index (χ2n) is 8.11. The Kier molecular flexibility index (Phi) is 4.79. The van der Waals surface area contributed by atoms with Crippen LogP contribution in [0.3, 0.4) is 0 Å². The number of pyridine rings is 1. The number of rotatable bonds is 6. The Morgan fingerprint density at radius 1 is 1.34 bits per heavy atom. The zero-order valence-corrected chi connectivity index (χ0v) is 17.4. The Morgan fingerprint density at radius 3 is 2.75 bits per heavy atom. The maximum absolute atomic E-state index is 12.8. The minimum absolute atomic E-state index is 0.128. The smallest absolute Gasteiger partial charge is 0.420 e. The Morgan fingerprint density at radius 2 is 2.12 bits per heavy atom. The van der Waals surface area contributed by atoms with Crippen LogP contribution < -0.4 is 20.7 Å². The highest BCUT2D eigenvalue weighted by Crippen LogP contribution is 2.49. The molecule has 1 saturated carbocycles. The normalized spacial score (nSPS) is 21.9. The molecular formula is C21H19ClF2N6O2. The number of benzene rings is 1. The highest BCUT2D eigenvalue weighted by molar-refractivity contribution is 6.20. The lowest BCUT2D eigenvalue weighted by molar-refractivity contribution is -0.0964. The van der Waals surface area contributed by atoms with Crippen LogP contribution in [0.4, 0.5) is 20.3 Å². The van der Waals surface area contributed by atoms with Crippen LogP contribution in [0.25, 0.3) is 11.3 Å². The summed E-state index contributed by atoms with van der Waals surface area (Å²) < 4.78 is 29.7. The lowest BCUT2D eigenvalue weighted by Crippen LogP contribution is -2.34. The van der Waals surface area contributed by atoms with E-state index in [0.29, 0.717) is 23.7 Å². The van der Waals surface area contributed by atoms with E-state index in [2.05, 4.69) is 30.1 Å². The van der Waals surface area contributed by atoms with Gasteiger partial charge in [0.2, 0.25) is 0 Å². The summed E-state index contributed by atoms with van der Waals surface area (Å²) in [6.45, 7) is 1.54. The minimum atomic E-state index is -3.80. The summed E-state index contributed by atoms with van der Waals surface area (Å²) >= 11 is 4.76. The molecular weight excluding hydrogens is 442 g/mol. The van der Waals surface area contributed by atoms with Crippen molar-refractivity contribution in [2.75, 3.05) is 23.3 Å². The van der Waals surface area contributed by atoms with Crippen molar-refractivity contribution in [1.82, 2.24) is 15.2 Å². The third-order valence-corrected chi connectivity index (χ3v) is 5.85. The molecule has 2 unspecified atom stereocenters. The number of carbonyl (C=O) groups excluding carboxylic acids is 1. The summed E-state index contributed by atoms with van der Waals surface area (Å²) in [6, 6.07) is 8.98. The molecule has 1 saturated heterocycles. The number of nitrogens with one attached hydrogen (secondary N) is 2. The molecule has 1 aliphatic heterocycles. The number of piperidine rings is 1. The fourth-order valence-electron chi connectivity index (χ4n) is 4.07. The molecule has 1 amide bonds. The number of amides is 1. The number of ether oxygens (including phenoxy) is 1. The monoisotopic (exact) mass is 460 g/mol. The molecule has 5 rings (SSSR count). The summed E-state index contributed by atoms with van der Waals surface area (Å²) in [5.41, 5.74) is 4.60. The zero-order valence-electron chi connectivity index (χ0n) is 16.7. The first kappa shape index (κ1) is 20.7. The number of carbonyl (C=O) groups is 1. The average molecular weight is 461 g/mol. The molecule has 8 nitrogen and oxygen atoms in total. The van der Waals surface area contributed by atoms with E-state index in [-0.39, 0.29) is 11.3 Å². The number of anilines is 2. The lowest BCUT2D eigenvalue weighted by atomic mass is 10.1. The molecule has 0 spiro atoms. The summed E-state index contributed by atoms with van der Waals surface area (Å²) in [4.78, 5) is 19.5. The Balaban J connectivity index is 1.37. The second-order valence-corrected chi connectivity index (χ2v) is 8.55. The van der Waals surface area contributed by atoms with Crippen LogP contribution in [0.2, 0.25) is 0 Å². The van der Waals surface area contributed by atoms with Gasteiger partial charge in [0.25, 0.3) is 5.91 Å². The molecule has 0 bridgehead atoms. The van der Waals surface area contributed by atoms with Crippen molar-refractivity contribution in [1.29, 1.82) is 0 Å². The number of nitrogens with zero attached hydrogens (tertiary/aromatic N) is 3. The van der Waals surface area contributed by atoms with Crippen molar-refractivity contribution in [2.45, 2.75) is 17.5 Å². The molecule has 2 aromatic heterocycles. The summed E-state index contributed by atoms with van der Waals surface area (Å²) in [5.74, 6) is 0.677. The van der Waals surface area contributed by atoms with Gasteiger partial charge in [-0.2, -0.15) is 5.10 Å². The quantitative estimate of drug-likeness (QED) is 0.486. The number of fused-ring (bicyclic) bond motifs is 1. The van der Waals surface area contributed by atoms with Crippen LogP contribution >= 0.6 is 11.6 Å². The van der Waals surface area contributed by atoms with Gasteiger partial charge < -0.3 is 20.7 Å². The van der Waals surface area contributed by atoms with Gasteiger partial charge in [-0.25, -0.2) is 4.98 Å². The van der Waals surface area contributed by atoms with Crippen molar-refractivity contribution in [3.8, 4) is 17.0 Å². The van der Waals surface area contributed by atoms with Crippen molar-refractivity contribution >= 4 is 29.0 Å². The first-order valence-corrected chi connectivity index (χ1v) is 10.3. The third kappa shape index (κ3) is 4.11. The molecule has 1 aliphatic carbocycles. The molecule has 3 heterocycles. The molecule has 0 radical (unpaired) electrons. The average Bonchev–Trinajstić information content (AvgIpc) is 3.11. The first-order valence-electron chi connectivity index (χ1n) is 9.91. The molecule has 32 heavy (non-hydrogen) atoms. The van der Waals surface area contributed by atoms with E-state index in [4.69, 9.17) is 17.3 Å². The molecule has 2 atom stereocenters. The predicted molar refractivity (Wildman–Crippen MR) is 115 cm³/mol. The molecule has 2 aliphatic rings. The molecule has 166 valence electrons. The summed E-state index contributed by atoms with van der Waals surface area (Å²) in [6.07, 6.45) is 4.16. The number of hydrogen-bond donors (Lipinski definition) is 3. The second kappa shape index (κ2) is 7.42. The number of aromatic nitrogens is 3. The van der Waals surface area contributed by atoms with Crippen LogP contribution in [-0.2, 0) is 0 Å². The van der Waals surface area contributed by atoms with Gasteiger partial charge in [0, 0.05) is 53.9 Å². The van der Waals surface area contributed by atoms with Crippen molar-refractivity contribution in [3.05, 3.63) is 54.4 Å². The van der Waals surface area contributed by atoms with E-state index in [1.54, 1.807) is 12.3 Å². The maximum Gasteiger partial charge on any atom is 0.487 e. The van der Waals surface area contributed by atoms with Gasteiger partial charge in [0.05, 0.1) is 11.3 Å². The van der Waals surface area contributed by atoms with Gasteiger partial charge in [0.1, 0.15) is 11.6 Å². The van der Waals surface area contributed by atoms with Crippen molar-refractivity contribution in [2.24, 2.45) is 11.7 Å². The Hall–Kier alpha value is -3.24. The van der Waals surface area contributed by atoms with E-state index in [1.807, 2.05) is 6.07 Å². The standard InChI is InChI=1S/C21H19ClF2N6O2/c22-21(23,24)32-15-3-1-14(2-4-15)28-19(31)12-7-16(17-5-6-27-29-17)18(26-9-12)30-10-13-8-20(13,25)11-30/h1-7,9,13H,8,10-11,25H2,(H,27,29)(H,28,31). The van der Waals surface area contributed by atoms with Gasteiger partial charge in [-0.3, -0.25) is 9.89 Å². The van der Waals surface area contributed by atoms with E-state index in [9.17, 15) is 13.6 Å². The van der Waals surface area contributed by atoms with E-state index in [1.165, 1.54) is 30.5 Å². The number of halogens is 3.